The number of methoxy groups -OCH3 is 2. The van der Waals surface area contributed by atoms with Crippen LogP contribution in [0.25, 0.3) is 0 Å². The van der Waals surface area contributed by atoms with Gasteiger partial charge in [0.2, 0.25) is 0 Å². The molecule has 0 fully saturated rings. The molecule has 0 saturated carbocycles. The fourth-order valence-electron chi connectivity index (χ4n) is 1.51. The van der Waals surface area contributed by atoms with Crippen molar-refractivity contribution in [2.45, 2.75) is 0 Å². The fraction of sp³-hybridized carbons (Fsp3) is 0.533. The van der Waals surface area contributed by atoms with Crippen molar-refractivity contribution in [1.29, 1.82) is 0 Å². The molecule has 0 bridgehead atoms. The molecule has 0 N–H and O–H groups in total. The molecule has 0 heterocycles. The van der Waals surface area contributed by atoms with Gasteiger partial charge in [-0.25, -0.2) is 4.39 Å². The maximum absolute atomic E-state index is 14.0. The Labute approximate surface area is 134 Å². The van der Waals surface area contributed by atoms with Gasteiger partial charge in [-0.15, -0.1) is 0 Å². The van der Waals surface area contributed by atoms with Crippen LogP contribution in [0.4, 0.5) is 4.39 Å². The average Bonchev–Trinajstić information content (AvgIpc) is 2.55. The van der Waals surface area contributed by atoms with Gasteiger partial charge >= 0.3 is 0 Å². The second-order valence-electron chi connectivity index (χ2n) is 4.27. The fourth-order valence-corrected chi connectivity index (χ4v) is 1.51. The zero-order chi connectivity index (χ0) is 16.9. The molecular formula is C15H21FO7. The minimum atomic E-state index is -0.725. The number of carbonyl (C=O) groups excluding carboxylic acids is 1. The van der Waals surface area contributed by atoms with Crippen molar-refractivity contribution in [1.82, 2.24) is 0 Å². The van der Waals surface area contributed by atoms with E-state index in [2.05, 4.69) is 0 Å². The molecule has 0 aliphatic heterocycles. The molecule has 0 radical (unpaired) electrons. The topological polar surface area (TPSA) is 72.5 Å². The van der Waals surface area contributed by atoms with Gasteiger partial charge in [-0.2, -0.15) is 0 Å². The van der Waals surface area contributed by atoms with Crippen LogP contribution in [0.3, 0.4) is 0 Å². The van der Waals surface area contributed by atoms with Gasteiger partial charge in [-0.05, 0) is 12.1 Å². The monoisotopic (exact) mass is 332 g/mol. The molecule has 130 valence electrons. The van der Waals surface area contributed by atoms with E-state index in [-0.39, 0.29) is 30.6 Å². The second-order valence-corrected chi connectivity index (χ2v) is 4.27. The molecule has 8 heteroatoms. The molecule has 0 aliphatic carbocycles. The SMILES string of the molecule is COCCOCOc1cc(C=O)cc(F)c1OCOCCOC. The Morgan fingerprint density at radius 3 is 2.13 bits per heavy atom. The maximum Gasteiger partial charge on any atom is 0.200 e. The standard InChI is InChI=1S/C15H21FO7/c1-18-3-5-20-10-22-14-8-12(9-17)7-13(16)15(14)23-11-21-6-4-19-2/h7-9H,3-6,10-11H2,1-2H3. The van der Waals surface area contributed by atoms with Crippen LogP contribution in [0.15, 0.2) is 12.1 Å². The van der Waals surface area contributed by atoms with Crippen molar-refractivity contribution in [3.63, 3.8) is 0 Å². The molecule has 0 aromatic heterocycles. The third-order valence-corrected chi connectivity index (χ3v) is 2.62. The minimum Gasteiger partial charge on any atom is -0.464 e. The van der Waals surface area contributed by atoms with Crippen LogP contribution >= 0.6 is 0 Å². The summed E-state index contributed by atoms with van der Waals surface area (Å²) in [6.45, 7) is 1.12. The van der Waals surface area contributed by atoms with Crippen LogP contribution in [-0.4, -0.2) is 60.5 Å². The number of carbonyl (C=O) groups is 1. The van der Waals surface area contributed by atoms with Crippen molar-refractivity contribution in [3.05, 3.63) is 23.5 Å². The lowest BCUT2D eigenvalue weighted by Crippen LogP contribution is -2.11. The zero-order valence-electron chi connectivity index (χ0n) is 13.2. The van der Waals surface area contributed by atoms with E-state index >= 15 is 0 Å². The van der Waals surface area contributed by atoms with Gasteiger partial charge in [0.1, 0.15) is 6.29 Å². The summed E-state index contributed by atoms with van der Waals surface area (Å²) in [6, 6.07) is 2.41. The van der Waals surface area contributed by atoms with Crippen LogP contribution in [0.2, 0.25) is 0 Å². The van der Waals surface area contributed by atoms with Gasteiger partial charge in [0.25, 0.3) is 0 Å². The Bertz CT molecular complexity index is 467. The third-order valence-electron chi connectivity index (χ3n) is 2.62. The Kier molecular flexibility index (Phi) is 9.89. The highest BCUT2D eigenvalue weighted by molar-refractivity contribution is 5.76. The molecule has 0 saturated heterocycles. The summed E-state index contributed by atoms with van der Waals surface area (Å²) in [7, 11) is 3.08. The zero-order valence-corrected chi connectivity index (χ0v) is 13.2. The number of hydrogen-bond acceptors (Lipinski definition) is 7. The van der Waals surface area contributed by atoms with Gasteiger partial charge in [0.15, 0.2) is 30.9 Å². The van der Waals surface area contributed by atoms with E-state index in [0.29, 0.717) is 32.7 Å². The van der Waals surface area contributed by atoms with E-state index in [1.165, 1.54) is 13.2 Å². The second kappa shape index (κ2) is 11.8. The first-order chi connectivity index (χ1) is 11.2. The van der Waals surface area contributed by atoms with E-state index < -0.39 is 5.82 Å². The number of rotatable bonds is 13. The number of halogens is 1. The summed E-state index contributed by atoms with van der Waals surface area (Å²) >= 11 is 0. The summed E-state index contributed by atoms with van der Waals surface area (Å²) in [6.07, 6.45) is 0.514. The first-order valence-corrected chi connectivity index (χ1v) is 6.90. The molecule has 0 atom stereocenters. The smallest absolute Gasteiger partial charge is 0.200 e. The Balaban J connectivity index is 2.63. The van der Waals surface area contributed by atoms with Crippen molar-refractivity contribution >= 4 is 6.29 Å². The molecule has 0 spiro atoms. The van der Waals surface area contributed by atoms with E-state index in [4.69, 9.17) is 28.4 Å². The lowest BCUT2D eigenvalue weighted by atomic mass is 10.2. The van der Waals surface area contributed by atoms with Crippen molar-refractivity contribution in [2.75, 3.05) is 54.2 Å². The highest BCUT2D eigenvalue weighted by atomic mass is 19.1. The molecule has 0 unspecified atom stereocenters. The first-order valence-electron chi connectivity index (χ1n) is 6.90. The Morgan fingerprint density at radius 2 is 1.57 bits per heavy atom. The van der Waals surface area contributed by atoms with Crippen molar-refractivity contribution < 1.29 is 37.6 Å². The van der Waals surface area contributed by atoms with Gasteiger partial charge in [0.05, 0.1) is 26.4 Å². The minimum absolute atomic E-state index is 0.0554. The highest BCUT2D eigenvalue weighted by Crippen LogP contribution is 2.31. The number of benzene rings is 1. The van der Waals surface area contributed by atoms with Gasteiger partial charge < -0.3 is 28.4 Å². The molecule has 1 aromatic rings. The number of ether oxygens (including phenoxy) is 6. The highest BCUT2D eigenvalue weighted by Gasteiger charge is 2.14. The molecular weight excluding hydrogens is 311 g/mol. The number of aldehydes is 1. The summed E-state index contributed by atoms with van der Waals surface area (Å²) < 4.78 is 44.4. The van der Waals surface area contributed by atoms with Gasteiger partial charge in [0, 0.05) is 19.8 Å². The Morgan fingerprint density at radius 1 is 0.957 bits per heavy atom. The predicted octanol–water partition coefficient (Wildman–Crippen LogP) is 1.64. The number of hydrogen-bond donors (Lipinski definition) is 0. The van der Waals surface area contributed by atoms with E-state index in [0.717, 1.165) is 6.07 Å². The van der Waals surface area contributed by atoms with E-state index in [1.54, 1.807) is 7.11 Å². The quantitative estimate of drug-likeness (QED) is 0.309. The van der Waals surface area contributed by atoms with Crippen LogP contribution in [0, 0.1) is 5.82 Å². The molecule has 7 nitrogen and oxygen atoms in total. The van der Waals surface area contributed by atoms with Gasteiger partial charge in [-0.3, -0.25) is 4.79 Å². The largest absolute Gasteiger partial charge is 0.464 e. The lowest BCUT2D eigenvalue weighted by Gasteiger charge is -2.14. The normalized spacial score (nSPS) is 10.6. The van der Waals surface area contributed by atoms with Crippen molar-refractivity contribution in [3.8, 4) is 11.5 Å². The summed E-state index contributed by atoms with van der Waals surface area (Å²) in [5.74, 6) is -0.819. The van der Waals surface area contributed by atoms with Crippen LogP contribution in [-0.2, 0) is 18.9 Å². The first kappa shape index (κ1) is 19.3. The average molecular weight is 332 g/mol. The maximum atomic E-state index is 14.0. The van der Waals surface area contributed by atoms with Gasteiger partial charge in [-0.1, -0.05) is 0 Å². The molecule has 0 aliphatic rings. The molecule has 23 heavy (non-hydrogen) atoms. The van der Waals surface area contributed by atoms with Crippen LogP contribution < -0.4 is 9.47 Å². The van der Waals surface area contributed by atoms with E-state index in [1.807, 2.05) is 0 Å². The summed E-state index contributed by atoms with van der Waals surface area (Å²) in [4.78, 5) is 10.8. The summed E-state index contributed by atoms with van der Waals surface area (Å²) in [5, 5.41) is 0. The predicted molar refractivity (Wildman–Crippen MR) is 78.4 cm³/mol. The lowest BCUT2D eigenvalue weighted by molar-refractivity contribution is -0.0220. The van der Waals surface area contributed by atoms with Crippen LogP contribution in [0.5, 0.6) is 11.5 Å². The van der Waals surface area contributed by atoms with E-state index in [9.17, 15) is 9.18 Å². The van der Waals surface area contributed by atoms with Crippen molar-refractivity contribution in [2.24, 2.45) is 0 Å². The summed E-state index contributed by atoms with van der Waals surface area (Å²) in [5.41, 5.74) is 0.127. The molecule has 0 amide bonds. The van der Waals surface area contributed by atoms with Crippen LogP contribution in [0.1, 0.15) is 10.4 Å². The third kappa shape index (κ3) is 7.38. The Hall–Kier alpha value is -1.74. The molecule has 1 rings (SSSR count). The molecule has 1 aromatic carbocycles.